The summed E-state index contributed by atoms with van der Waals surface area (Å²) < 4.78 is 7.62. The highest BCUT2D eigenvalue weighted by molar-refractivity contribution is 5.90. The van der Waals surface area contributed by atoms with E-state index in [1.165, 1.54) is 5.56 Å². The number of nitrogens with one attached hydrogen (secondary N) is 1. The minimum atomic E-state index is 0.0118. The van der Waals surface area contributed by atoms with Gasteiger partial charge in [-0.15, -0.1) is 0 Å². The molecule has 0 aliphatic heterocycles. The highest BCUT2D eigenvalue weighted by atomic mass is 16.5. The Kier molecular flexibility index (Phi) is 6.60. The molecule has 0 spiro atoms. The van der Waals surface area contributed by atoms with E-state index in [9.17, 15) is 4.79 Å². The van der Waals surface area contributed by atoms with Crippen LogP contribution in [0.5, 0.6) is 5.75 Å². The predicted molar refractivity (Wildman–Crippen MR) is 91.5 cm³/mol. The normalized spacial score (nSPS) is 10.3. The first-order chi connectivity index (χ1) is 11.2. The summed E-state index contributed by atoms with van der Waals surface area (Å²) in [6.07, 6.45) is 6.60. The maximum Gasteiger partial charge on any atom is 0.230 e. The van der Waals surface area contributed by atoms with Gasteiger partial charge in [-0.2, -0.15) is 0 Å². The second-order valence-corrected chi connectivity index (χ2v) is 5.64. The van der Waals surface area contributed by atoms with Crippen molar-refractivity contribution in [1.82, 2.24) is 0 Å². The van der Waals surface area contributed by atoms with Gasteiger partial charge in [0, 0.05) is 17.8 Å². The second-order valence-electron chi connectivity index (χ2n) is 5.64. The van der Waals surface area contributed by atoms with Crippen molar-refractivity contribution in [3.8, 4) is 5.75 Å². The van der Waals surface area contributed by atoms with Crippen LogP contribution >= 0.6 is 0 Å². The zero-order valence-corrected chi connectivity index (χ0v) is 13.9. The molecule has 0 bridgehead atoms. The third-order valence-electron chi connectivity index (χ3n) is 3.56. The van der Waals surface area contributed by atoms with Gasteiger partial charge >= 0.3 is 0 Å². The van der Waals surface area contributed by atoms with Gasteiger partial charge in [-0.25, -0.2) is 4.57 Å². The minimum absolute atomic E-state index is 0.0118. The number of amides is 1. The molecule has 1 aromatic carbocycles. The maximum atomic E-state index is 12.0. The summed E-state index contributed by atoms with van der Waals surface area (Å²) in [6.45, 7) is 5.59. The van der Waals surface area contributed by atoms with Crippen molar-refractivity contribution in [3.05, 3.63) is 54.4 Å². The molecule has 1 heterocycles. The van der Waals surface area contributed by atoms with Crippen LogP contribution < -0.4 is 14.6 Å². The molecule has 0 unspecified atom stereocenters. The third-order valence-corrected chi connectivity index (χ3v) is 3.56. The van der Waals surface area contributed by atoms with Gasteiger partial charge in [0.25, 0.3) is 0 Å². The van der Waals surface area contributed by atoms with Gasteiger partial charge < -0.3 is 10.1 Å². The lowest BCUT2D eigenvalue weighted by Gasteiger charge is -2.07. The number of rotatable bonds is 8. The average molecular weight is 313 g/mol. The van der Waals surface area contributed by atoms with Gasteiger partial charge in [-0.05, 0) is 43.2 Å². The maximum absolute atomic E-state index is 12.0. The summed E-state index contributed by atoms with van der Waals surface area (Å²) in [5.41, 5.74) is 2.01. The summed E-state index contributed by atoms with van der Waals surface area (Å²) in [4.78, 5) is 12.0. The molecule has 4 nitrogen and oxygen atoms in total. The number of pyridine rings is 1. The fourth-order valence-electron chi connectivity index (χ4n) is 2.10. The fraction of sp³-hybridized carbons (Fsp3) is 0.368. The first-order valence-corrected chi connectivity index (χ1v) is 8.16. The molecule has 0 radical (unpaired) electrons. The Morgan fingerprint density at radius 3 is 2.48 bits per heavy atom. The Morgan fingerprint density at radius 2 is 1.83 bits per heavy atom. The van der Waals surface area contributed by atoms with Gasteiger partial charge in [0.15, 0.2) is 18.9 Å². The number of ether oxygens (including phenoxy) is 1. The Balaban J connectivity index is 1.77. The van der Waals surface area contributed by atoms with Crippen LogP contribution in [0.4, 0.5) is 5.69 Å². The number of benzene rings is 1. The Labute approximate surface area is 138 Å². The van der Waals surface area contributed by atoms with Crippen LogP contribution in [0.3, 0.4) is 0 Å². The van der Waals surface area contributed by atoms with E-state index in [0.29, 0.717) is 13.0 Å². The number of carbonyl (C=O) groups excluding carboxylic acids is 1. The smallest absolute Gasteiger partial charge is 0.230 e. The molecule has 0 saturated heterocycles. The van der Waals surface area contributed by atoms with E-state index >= 15 is 0 Å². The van der Waals surface area contributed by atoms with Crippen molar-refractivity contribution in [2.45, 2.75) is 39.7 Å². The van der Waals surface area contributed by atoms with E-state index in [2.05, 4.69) is 12.2 Å². The van der Waals surface area contributed by atoms with Crippen LogP contribution in [0, 0.1) is 6.92 Å². The van der Waals surface area contributed by atoms with Crippen LogP contribution in [0.1, 0.15) is 31.7 Å². The standard InChI is InChI=1S/C19H24N2O2/c1-3-4-15-23-18-7-5-17(6-8-18)20-19(22)11-14-21-12-9-16(2)10-13-21/h5-10,12-13H,3-4,11,14-15H2,1-2H3/p+1. The van der Waals surface area contributed by atoms with Gasteiger partial charge in [-0.3, -0.25) is 4.79 Å². The summed E-state index contributed by atoms with van der Waals surface area (Å²) >= 11 is 0. The Bertz CT molecular complexity index is 606. The number of anilines is 1. The van der Waals surface area contributed by atoms with Crippen LogP contribution in [-0.2, 0) is 11.3 Å². The molecule has 1 N–H and O–H groups in total. The van der Waals surface area contributed by atoms with Crippen molar-refractivity contribution in [3.63, 3.8) is 0 Å². The molecule has 4 heteroatoms. The lowest BCUT2D eigenvalue weighted by atomic mass is 10.2. The Hall–Kier alpha value is -2.36. The second kappa shape index (κ2) is 8.93. The number of carbonyl (C=O) groups is 1. The lowest BCUT2D eigenvalue weighted by Crippen LogP contribution is -2.34. The fourth-order valence-corrected chi connectivity index (χ4v) is 2.10. The first kappa shape index (κ1) is 17.0. The van der Waals surface area contributed by atoms with Crippen LogP contribution in [0.15, 0.2) is 48.8 Å². The summed E-state index contributed by atoms with van der Waals surface area (Å²) in [7, 11) is 0. The van der Waals surface area contributed by atoms with E-state index in [1.807, 2.05) is 60.3 Å². The van der Waals surface area contributed by atoms with Gasteiger partial charge in [0.05, 0.1) is 13.0 Å². The summed E-state index contributed by atoms with van der Waals surface area (Å²) in [5.74, 6) is 0.851. The molecule has 0 saturated carbocycles. The van der Waals surface area contributed by atoms with Crippen molar-refractivity contribution in [2.24, 2.45) is 0 Å². The molecule has 2 aromatic rings. The first-order valence-electron chi connectivity index (χ1n) is 8.16. The highest BCUT2D eigenvalue weighted by Crippen LogP contribution is 2.16. The van der Waals surface area contributed by atoms with Crippen LogP contribution in [0.25, 0.3) is 0 Å². The van der Waals surface area contributed by atoms with Crippen molar-refractivity contribution in [2.75, 3.05) is 11.9 Å². The lowest BCUT2D eigenvalue weighted by molar-refractivity contribution is -0.695. The quantitative estimate of drug-likeness (QED) is 0.599. The molecule has 2 rings (SSSR count). The molecule has 122 valence electrons. The molecular formula is C19H25N2O2+. The van der Waals surface area contributed by atoms with Crippen LogP contribution in [-0.4, -0.2) is 12.5 Å². The Morgan fingerprint density at radius 1 is 1.13 bits per heavy atom. The molecule has 1 aromatic heterocycles. The molecule has 1 amide bonds. The van der Waals surface area contributed by atoms with Crippen molar-refractivity contribution >= 4 is 11.6 Å². The number of aryl methyl sites for hydroxylation is 2. The molecule has 0 aliphatic rings. The largest absolute Gasteiger partial charge is 0.494 e. The van der Waals surface area contributed by atoms with Crippen LogP contribution in [0.2, 0.25) is 0 Å². The zero-order valence-electron chi connectivity index (χ0n) is 13.9. The zero-order chi connectivity index (χ0) is 16.5. The summed E-state index contributed by atoms with van der Waals surface area (Å²) in [6, 6.07) is 11.6. The predicted octanol–water partition coefficient (Wildman–Crippen LogP) is 3.49. The van der Waals surface area contributed by atoms with E-state index in [0.717, 1.165) is 30.9 Å². The average Bonchev–Trinajstić information content (AvgIpc) is 2.56. The molecule has 23 heavy (non-hydrogen) atoms. The number of aromatic nitrogens is 1. The third kappa shape index (κ3) is 6.10. The van der Waals surface area contributed by atoms with Gasteiger partial charge in [-0.1, -0.05) is 13.3 Å². The van der Waals surface area contributed by atoms with E-state index in [1.54, 1.807) is 0 Å². The number of nitrogens with zero attached hydrogens (tertiary/aromatic N) is 1. The summed E-state index contributed by atoms with van der Waals surface area (Å²) in [5, 5.41) is 2.91. The molecular weight excluding hydrogens is 288 g/mol. The molecule has 0 fully saturated rings. The highest BCUT2D eigenvalue weighted by Gasteiger charge is 2.07. The number of hydrogen-bond acceptors (Lipinski definition) is 2. The van der Waals surface area contributed by atoms with E-state index < -0.39 is 0 Å². The minimum Gasteiger partial charge on any atom is -0.494 e. The number of hydrogen-bond donors (Lipinski definition) is 1. The van der Waals surface area contributed by atoms with Crippen molar-refractivity contribution in [1.29, 1.82) is 0 Å². The van der Waals surface area contributed by atoms with Gasteiger partial charge in [0.1, 0.15) is 5.75 Å². The molecule has 0 atom stereocenters. The topological polar surface area (TPSA) is 42.2 Å². The van der Waals surface area contributed by atoms with E-state index in [4.69, 9.17) is 4.74 Å². The van der Waals surface area contributed by atoms with E-state index in [-0.39, 0.29) is 5.91 Å². The molecule has 0 aliphatic carbocycles. The SMILES string of the molecule is CCCCOc1ccc(NC(=O)CC[n+]2ccc(C)cc2)cc1. The van der Waals surface area contributed by atoms with Gasteiger partial charge in [0.2, 0.25) is 5.91 Å². The monoisotopic (exact) mass is 313 g/mol. The number of unbranched alkanes of at least 4 members (excludes halogenated alkanes) is 1. The van der Waals surface area contributed by atoms with Crippen molar-refractivity contribution < 1.29 is 14.1 Å².